The van der Waals surface area contributed by atoms with Gasteiger partial charge in [0, 0.05) is 32.2 Å². The van der Waals surface area contributed by atoms with Crippen molar-refractivity contribution in [1.82, 2.24) is 15.2 Å². The van der Waals surface area contributed by atoms with Crippen LogP contribution in [0.3, 0.4) is 0 Å². The minimum atomic E-state index is 0.553. The molecule has 3 rings (SSSR count). The number of nitrogens with one attached hydrogen (secondary N) is 1. The fraction of sp³-hybridized carbons (Fsp3) is 0.500. The molecule has 2 aromatic rings. The van der Waals surface area contributed by atoms with E-state index in [2.05, 4.69) is 22.1 Å². The van der Waals surface area contributed by atoms with Crippen LogP contribution in [0.5, 0.6) is 0 Å². The van der Waals surface area contributed by atoms with Gasteiger partial charge in [0.2, 0.25) is 5.89 Å². The number of thiophene rings is 1. The van der Waals surface area contributed by atoms with Gasteiger partial charge < -0.3 is 9.73 Å². The highest BCUT2D eigenvalue weighted by Gasteiger charge is 2.19. The monoisotopic (exact) mass is 277 g/mol. The van der Waals surface area contributed by atoms with Crippen LogP contribution in [0.2, 0.25) is 0 Å². The molecule has 0 aromatic carbocycles. The summed E-state index contributed by atoms with van der Waals surface area (Å²) in [5, 5.41) is 5.50. The first-order valence-electron chi connectivity index (χ1n) is 6.68. The van der Waals surface area contributed by atoms with Crippen molar-refractivity contribution in [3.63, 3.8) is 0 Å². The van der Waals surface area contributed by atoms with Gasteiger partial charge in [-0.15, -0.1) is 11.3 Å². The first-order chi connectivity index (χ1) is 9.22. The molecule has 5 heteroatoms. The number of piperazine rings is 1. The molecule has 0 saturated carbocycles. The predicted octanol–water partition coefficient (Wildman–Crippen LogP) is 2.51. The van der Waals surface area contributed by atoms with Gasteiger partial charge in [0.05, 0.1) is 10.6 Å². The zero-order valence-corrected chi connectivity index (χ0v) is 12.2. The van der Waals surface area contributed by atoms with E-state index in [4.69, 9.17) is 4.42 Å². The zero-order valence-electron chi connectivity index (χ0n) is 11.3. The Hall–Kier alpha value is -1.17. The summed E-state index contributed by atoms with van der Waals surface area (Å²) in [5.41, 5.74) is 1.07. The highest BCUT2D eigenvalue weighted by Crippen LogP contribution is 2.26. The molecule has 19 heavy (non-hydrogen) atoms. The predicted molar refractivity (Wildman–Crippen MR) is 77.3 cm³/mol. The van der Waals surface area contributed by atoms with Crippen LogP contribution in [0, 0.1) is 6.92 Å². The van der Waals surface area contributed by atoms with E-state index >= 15 is 0 Å². The van der Waals surface area contributed by atoms with Crippen LogP contribution in [-0.2, 0) is 6.54 Å². The third kappa shape index (κ3) is 2.88. The first-order valence-corrected chi connectivity index (χ1v) is 7.56. The van der Waals surface area contributed by atoms with E-state index in [1.807, 2.05) is 24.4 Å². The second-order valence-corrected chi connectivity index (χ2v) is 6.04. The summed E-state index contributed by atoms with van der Waals surface area (Å²) in [4.78, 5) is 8.19. The summed E-state index contributed by atoms with van der Waals surface area (Å²) in [6.07, 6.45) is 0. The summed E-state index contributed by atoms with van der Waals surface area (Å²) in [6.45, 7) is 8.30. The number of hydrogen-bond donors (Lipinski definition) is 1. The molecule has 3 heterocycles. The standard InChI is InChI=1S/C14H19N3OS/c1-10-8-17(6-5-15-10)9-12-11(2)18-14(16-12)13-4-3-7-19-13/h3-4,7,10,15H,5-6,8-9H2,1-2H3/t10-/m1/s1. The second-order valence-electron chi connectivity index (χ2n) is 5.09. The number of hydrogen-bond acceptors (Lipinski definition) is 5. The Morgan fingerprint density at radius 3 is 3.21 bits per heavy atom. The minimum Gasteiger partial charge on any atom is -0.440 e. The van der Waals surface area contributed by atoms with Crippen molar-refractivity contribution >= 4 is 11.3 Å². The van der Waals surface area contributed by atoms with E-state index < -0.39 is 0 Å². The van der Waals surface area contributed by atoms with E-state index in [1.54, 1.807) is 11.3 Å². The molecule has 0 aliphatic carbocycles. The second kappa shape index (κ2) is 5.45. The summed E-state index contributed by atoms with van der Waals surface area (Å²) < 4.78 is 5.78. The van der Waals surface area contributed by atoms with Gasteiger partial charge in [0.1, 0.15) is 5.76 Å². The topological polar surface area (TPSA) is 41.3 Å². The number of nitrogens with zero attached hydrogens (tertiary/aromatic N) is 2. The van der Waals surface area contributed by atoms with Crippen molar-refractivity contribution < 1.29 is 4.42 Å². The Morgan fingerprint density at radius 2 is 2.47 bits per heavy atom. The van der Waals surface area contributed by atoms with E-state index in [-0.39, 0.29) is 0 Å². The maximum absolute atomic E-state index is 5.78. The fourth-order valence-electron chi connectivity index (χ4n) is 2.45. The van der Waals surface area contributed by atoms with Crippen LogP contribution < -0.4 is 5.32 Å². The van der Waals surface area contributed by atoms with Crippen molar-refractivity contribution in [3.8, 4) is 10.8 Å². The van der Waals surface area contributed by atoms with Gasteiger partial charge in [-0.05, 0) is 25.3 Å². The van der Waals surface area contributed by atoms with Crippen LogP contribution >= 0.6 is 11.3 Å². The molecule has 102 valence electrons. The highest BCUT2D eigenvalue weighted by atomic mass is 32.1. The molecule has 0 spiro atoms. The number of aromatic nitrogens is 1. The zero-order chi connectivity index (χ0) is 13.2. The Bertz CT molecular complexity index is 535. The van der Waals surface area contributed by atoms with E-state index in [0.29, 0.717) is 6.04 Å². The van der Waals surface area contributed by atoms with Gasteiger partial charge in [0.25, 0.3) is 0 Å². The van der Waals surface area contributed by atoms with Crippen molar-refractivity contribution in [2.45, 2.75) is 26.4 Å². The van der Waals surface area contributed by atoms with Gasteiger partial charge >= 0.3 is 0 Å². The molecule has 0 bridgehead atoms. The Kier molecular flexibility index (Phi) is 3.68. The Labute approximate surface area is 117 Å². The molecule has 1 aliphatic rings. The van der Waals surface area contributed by atoms with E-state index in [9.17, 15) is 0 Å². The third-order valence-corrected chi connectivity index (χ3v) is 4.31. The van der Waals surface area contributed by atoms with E-state index in [0.717, 1.165) is 48.4 Å². The molecule has 0 radical (unpaired) electrons. The summed E-state index contributed by atoms with van der Waals surface area (Å²) in [7, 11) is 0. The van der Waals surface area contributed by atoms with Gasteiger partial charge in [-0.2, -0.15) is 0 Å². The third-order valence-electron chi connectivity index (χ3n) is 3.45. The number of aryl methyl sites for hydroxylation is 1. The van der Waals surface area contributed by atoms with Crippen molar-refractivity contribution in [1.29, 1.82) is 0 Å². The van der Waals surface area contributed by atoms with E-state index in [1.165, 1.54) is 0 Å². The molecule has 4 nitrogen and oxygen atoms in total. The fourth-order valence-corrected chi connectivity index (χ4v) is 3.10. The van der Waals surface area contributed by atoms with Crippen LogP contribution in [0.4, 0.5) is 0 Å². The lowest BCUT2D eigenvalue weighted by molar-refractivity contribution is 0.197. The molecule has 1 atom stereocenters. The molecule has 2 aromatic heterocycles. The molecular formula is C14H19N3OS. The molecule has 1 fully saturated rings. The summed E-state index contributed by atoms with van der Waals surface area (Å²) in [5.74, 6) is 1.69. The number of oxazole rings is 1. The lowest BCUT2D eigenvalue weighted by Crippen LogP contribution is -2.48. The Morgan fingerprint density at radius 1 is 1.58 bits per heavy atom. The molecule has 1 N–H and O–H groups in total. The maximum atomic E-state index is 5.78. The SMILES string of the molecule is Cc1oc(-c2cccs2)nc1CN1CCN[C@H](C)C1. The molecule has 1 aliphatic heterocycles. The summed E-state index contributed by atoms with van der Waals surface area (Å²) >= 11 is 1.66. The quantitative estimate of drug-likeness (QED) is 0.936. The van der Waals surface area contributed by atoms with Crippen molar-refractivity contribution in [2.24, 2.45) is 0 Å². The van der Waals surface area contributed by atoms with Gasteiger partial charge in [-0.1, -0.05) is 6.07 Å². The largest absolute Gasteiger partial charge is 0.440 e. The van der Waals surface area contributed by atoms with Crippen LogP contribution in [0.1, 0.15) is 18.4 Å². The Balaban J connectivity index is 1.74. The molecule has 0 amide bonds. The smallest absolute Gasteiger partial charge is 0.236 e. The normalized spacial score (nSPS) is 20.8. The lowest BCUT2D eigenvalue weighted by atomic mass is 10.2. The first kappa shape index (κ1) is 12.8. The van der Waals surface area contributed by atoms with Gasteiger partial charge in [0.15, 0.2) is 0 Å². The lowest BCUT2D eigenvalue weighted by Gasteiger charge is -2.31. The van der Waals surface area contributed by atoms with Crippen LogP contribution in [0.25, 0.3) is 10.8 Å². The molecule has 1 saturated heterocycles. The summed E-state index contributed by atoms with van der Waals surface area (Å²) in [6, 6.07) is 4.63. The molecule has 0 unspecified atom stereocenters. The van der Waals surface area contributed by atoms with Gasteiger partial charge in [-0.3, -0.25) is 4.90 Å². The van der Waals surface area contributed by atoms with Crippen molar-refractivity contribution in [2.75, 3.05) is 19.6 Å². The average Bonchev–Trinajstić information content (AvgIpc) is 3.00. The number of rotatable bonds is 3. The maximum Gasteiger partial charge on any atom is 0.236 e. The van der Waals surface area contributed by atoms with Gasteiger partial charge in [-0.25, -0.2) is 4.98 Å². The minimum absolute atomic E-state index is 0.553. The highest BCUT2D eigenvalue weighted by molar-refractivity contribution is 7.13. The van der Waals surface area contributed by atoms with Crippen LogP contribution in [-0.4, -0.2) is 35.6 Å². The van der Waals surface area contributed by atoms with Crippen molar-refractivity contribution in [3.05, 3.63) is 29.0 Å². The molecular weight excluding hydrogens is 258 g/mol. The average molecular weight is 277 g/mol. The van der Waals surface area contributed by atoms with Crippen LogP contribution in [0.15, 0.2) is 21.9 Å².